The molecule has 3 aromatic rings. The number of alkyl halides is 2. The molecule has 1 aliphatic heterocycles. The fourth-order valence-corrected chi connectivity index (χ4v) is 4.45. The number of thiazole rings is 1. The molecule has 1 aromatic heterocycles. The maximum atomic E-state index is 12.4. The molecule has 0 saturated carbocycles. The van der Waals surface area contributed by atoms with Gasteiger partial charge < -0.3 is 14.0 Å². The number of rotatable bonds is 7. The SMILES string of the molecule is FC(F)Oc1ccc(N=c2scc(-c3ccc(Cl)cc3)n2CCN2CCOCC2)cc1. The summed E-state index contributed by atoms with van der Waals surface area (Å²) in [5, 5.41) is 2.77. The van der Waals surface area contributed by atoms with E-state index in [4.69, 9.17) is 21.3 Å². The molecule has 0 N–H and O–H groups in total. The molecule has 164 valence electrons. The second kappa shape index (κ2) is 10.4. The van der Waals surface area contributed by atoms with E-state index in [1.54, 1.807) is 23.5 Å². The summed E-state index contributed by atoms with van der Waals surface area (Å²) in [4.78, 5) is 7.97. The highest BCUT2D eigenvalue weighted by atomic mass is 35.5. The van der Waals surface area contributed by atoms with E-state index in [2.05, 4.69) is 19.6 Å². The Morgan fingerprint density at radius 1 is 1.03 bits per heavy atom. The van der Waals surface area contributed by atoms with Gasteiger partial charge in [-0.15, -0.1) is 11.3 Å². The third-order valence-corrected chi connectivity index (χ3v) is 6.08. The van der Waals surface area contributed by atoms with Gasteiger partial charge in [0.2, 0.25) is 0 Å². The number of hydrogen-bond acceptors (Lipinski definition) is 5. The average molecular weight is 466 g/mol. The number of aromatic nitrogens is 1. The van der Waals surface area contributed by atoms with Gasteiger partial charge in [-0.05, 0) is 42.0 Å². The van der Waals surface area contributed by atoms with Crippen LogP contribution in [0.1, 0.15) is 0 Å². The second-order valence-corrected chi connectivity index (χ2v) is 8.27. The highest BCUT2D eigenvalue weighted by Crippen LogP contribution is 2.24. The summed E-state index contributed by atoms with van der Waals surface area (Å²) >= 11 is 7.60. The van der Waals surface area contributed by atoms with Crippen molar-refractivity contribution in [1.82, 2.24) is 9.47 Å². The summed E-state index contributed by atoms with van der Waals surface area (Å²) in [6, 6.07) is 14.1. The van der Waals surface area contributed by atoms with Crippen molar-refractivity contribution in [3.63, 3.8) is 0 Å². The van der Waals surface area contributed by atoms with Crippen molar-refractivity contribution in [2.24, 2.45) is 4.99 Å². The minimum absolute atomic E-state index is 0.113. The fourth-order valence-electron chi connectivity index (χ4n) is 3.36. The number of ether oxygens (including phenoxy) is 2. The molecular formula is C22H22ClF2N3O2S. The van der Waals surface area contributed by atoms with Crippen molar-refractivity contribution in [2.45, 2.75) is 13.2 Å². The predicted octanol–water partition coefficient (Wildman–Crippen LogP) is 5.04. The van der Waals surface area contributed by atoms with Crippen LogP contribution in [0.3, 0.4) is 0 Å². The van der Waals surface area contributed by atoms with Crippen LogP contribution >= 0.6 is 22.9 Å². The van der Waals surface area contributed by atoms with Gasteiger partial charge in [0.1, 0.15) is 5.75 Å². The van der Waals surface area contributed by atoms with Gasteiger partial charge in [0.15, 0.2) is 4.80 Å². The molecule has 0 aliphatic carbocycles. The molecule has 0 atom stereocenters. The molecule has 0 amide bonds. The number of morpholine rings is 1. The second-order valence-electron chi connectivity index (χ2n) is 7.00. The largest absolute Gasteiger partial charge is 0.435 e. The zero-order chi connectivity index (χ0) is 21.6. The smallest absolute Gasteiger partial charge is 0.387 e. The van der Waals surface area contributed by atoms with Gasteiger partial charge >= 0.3 is 6.61 Å². The molecule has 9 heteroatoms. The summed E-state index contributed by atoms with van der Waals surface area (Å²) in [6.45, 7) is 2.15. The van der Waals surface area contributed by atoms with Crippen LogP contribution < -0.4 is 9.54 Å². The highest BCUT2D eigenvalue weighted by molar-refractivity contribution is 7.07. The summed E-state index contributed by atoms with van der Waals surface area (Å²) in [7, 11) is 0. The van der Waals surface area contributed by atoms with Crippen LogP contribution in [0.15, 0.2) is 58.9 Å². The topological polar surface area (TPSA) is 39.0 Å². The van der Waals surface area contributed by atoms with Crippen LogP contribution in [0.5, 0.6) is 5.75 Å². The van der Waals surface area contributed by atoms with Gasteiger partial charge in [0, 0.05) is 36.6 Å². The minimum atomic E-state index is -2.84. The van der Waals surface area contributed by atoms with Gasteiger partial charge in [0.05, 0.1) is 24.6 Å². The first-order chi connectivity index (χ1) is 15.1. The molecule has 1 saturated heterocycles. The van der Waals surface area contributed by atoms with E-state index in [1.165, 1.54) is 12.1 Å². The predicted molar refractivity (Wildman–Crippen MR) is 118 cm³/mol. The van der Waals surface area contributed by atoms with Crippen LogP contribution in [0, 0.1) is 0 Å². The fraction of sp³-hybridized carbons (Fsp3) is 0.318. The first-order valence-corrected chi connectivity index (χ1v) is 11.2. The summed E-state index contributed by atoms with van der Waals surface area (Å²) < 4.78 is 36.8. The van der Waals surface area contributed by atoms with E-state index in [9.17, 15) is 8.78 Å². The minimum Gasteiger partial charge on any atom is -0.435 e. The van der Waals surface area contributed by atoms with Gasteiger partial charge in [-0.3, -0.25) is 4.90 Å². The lowest BCUT2D eigenvalue weighted by molar-refractivity contribution is -0.0498. The lowest BCUT2D eigenvalue weighted by Gasteiger charge is -2.26. The number of halogens is 3. The Balaban J connectivity index is 1.64. The third-order valence-electron chi connectivity index (χ3n) is 4.97. The number of hydrogen-bond donors (Lipinski definition) is 0. The average Bonchev–Trinajstić information content (AvgIpc) is 3.17. The first-order valence-electron chi connectivity index (χ1n) is 9.92. The van der Waals surface area contributed by atoms with Crippen molar-refractivity contribution in [1.29, 1.82) is 0 Å². The van der Waals surface area contributed by atoms with E-state index >= 15 is 0 Å². The highest BCUT2D eigenvalue weighted by Gasteiger charge is 2.13. The standard InChI is InChI=1S/C22H22ClF2N3O2S/c23-17-3-1-16(2-4-17)20-15-31-22(28(20)10-9-27-11-13-29-14-12-27)26-18-5-7-19(8-6-18)30-21(24)25/h1-8,15,21H,9-14H2. The number of benzene rings is 2. The Bertz CT molecular complexity index is 1050. The Kier molecular flexibility index (Phi) is 7.34. The zero-order valence-electron chi connectivity index (χ0n) is 16.7. The molecule has 0 spiro atoms. The van der Waals surface area contributed by atoms with Crippen LogP contribution in [0.25, 0.3) is 11.3 Å². The molecule has 2 heterocycles. The lowest BCUT2D eigenvalue weighted by Crippen LogP contribution is -2.39. The van der Waals surface area contributed by atoms with Crippen molar-refractivity contribution in [2.75, 3.05) is 32.8 Å². The Labute approximate surface area is 188 Å². The van der Waals surface area contributed by atoms with Crippen LogP contribution in [-0.4, -0.2) is 48.9 Å². The van der Waals surface area contributed by atoms with E-state index in [1.807, 2.05) is 24.3 Å². The maximum absolute atomic E-state index is 12.4. The lowest BCUT2D eigenvalue weighted by atomic mass is 10.2. The molecule has 5 nitrogen and oxygen atoms in total. The van der Waals surface area contributed by atoms with E-state index in [-0.39, 0.29) is 5.75 Å². The molecular weight excluding hydrogens is 444 g/mol. The zero-order valence-corrected chi connectivity index (χ0v) is 18.3. The van der Waals surface area contributed by atoms with E-state index in [0.29, 0.717) is 10.7 Å². The summed E-state index contributed by atoms with van der Waals surface area (Å²) in [5.41, 5.74) is 2.79. The van der Waals surface area contributed by atoms with Crippen LogP contribution in [0.2, 0.25) is 5.02 Å². The Morgan fingerprint density at radius 3 is 2.42 bits per heavy atom. The molecule has 1 fully saturated rings. The first kappa shape index (κ1) is 22.0. The molecule has 31 heavy (non-hydrogen) atoms. The Morgan fingerprint density at radius 2 is 1.74 bits per heavy atom. The molecule has 4 rings (SSSR count). The van der Waals surface area contributed by atoms with Crippen molar-refractivity contribution >= 4 is 28.6 Å². The van der Waals surface area contributed by atoms with Crippen molar-refractivity contribution in [3.8, 4) is 17.0 Å². The third kappa shape index (κ3) is 5.92. The van der Waals surface area contributed by atoms with Crippen molar-refractivity contribution < 1.29 is 18.3 Å². The quantitative estimate of drug-likeness (QED) is 0.491. The van der Waals surface area contributed by atoms with Gasteiger partial charge in [-0.25, -0.2) is 4.99 Å². The van der Waals surface area contributed by atoms with E-state index < -0.39 is 6.61 Å². The normalized spacial score (nSPS) is 15.5. The Hall–Kier alpha value is -2.26. The van der Waals surface area contributed by atoms with Gasteiger partial charge in [-0.1, -0.05) is 23.7 Å². The molecule has 1 aliphatic rings. The maximum Gasteiger partial charge on any atom is 0.387 e. The van der Waals surface area contributed by atoms with Gasteiger partial charge in [-0.2, -0.15) is 8.78 Å². The van der Waals surface area contributed by atoms with Crippen molar-refractivity contribution in [3.05, 3.63) is 63.7 Å². The molecule has 0 unspecified atom stereocenters. The van der Waals surface area contributed by atoms with Gasteiger partial charge in [0.25, 0.3) is 0 Å². The number of nitrogens with zero attached hydrogens (tertiary/aromatic N) is 3. The summed E-state index contributed by atoms with van der Waals surface area (Å²) in [5.74, 6) is 0.113. The van der Waals surface area contributed by atoms with Crippen LogP contribution in [0.4, 0.5) is 14.5 Å². The van der Waals surface area contributed by atoms with Crippen LogP contribution in [-0.2, 0) is 11.3 Å². The molecule has 0 radical (unpaired) electrons. The molecule has 0 bridgehead atoms. The summed E-state index contributed by atoms with van der Waals surface area (Å²) in [6.07, 6.45) is 0. The molecule has 2 aromatic carbocycles. The monoisotopic (exact) mass is 465 g/mol. The van der Waals surface area contributed by atoms with E-state index in [0.717, 1.165) is 55.5 Å².